The molecule has 0 saturated carbocycles. The Balaban J connectivity index is 1.63. The molecule has 0 aliphatic heterocycles. The number of aromatic nitrogens is 5. The Labute approximate surface area is 209 Å². The molecule has 1 atom stereocenters. The maximum absolute atomic E-state index is 13.2. The van der Waals surface area contributed by atoms with Crippen LogP contribution in [-0.4, -0.2) is 56.7 Å². The van der Waals surface area contributed by atoms with Crippen LogP contribution in [0.1, 0.15) is 34.7 Å². The summed E-state index contributed by atoms with van der Waals surface area (Å²) in [5.41, 5.74) is 4.48. The van der Waals surface area contributed by atoms with Crippen molar-refractivity contribution in [1.29, 1.82) is 0 Å². The highest BCUT2D eigenvalue weighted by Gasteiger charge is 2.21. The molecule has 9 heteroatoms. The maximum atomic E-state index is 13.2. The van der Waals surface area contributed by atoms with E-state index in [0.29, 0.717) is 17.6 Å². The lowest BCUT2D eigenvalue weighted by atomic mass is 10.2. The predicted molar refractivity (Wildman–Crippen MR) is 137 cm³/mol. The number of hydrogen-bond donors (Lipinski definition) is 0. The minimum absolute atomic E-state index is 0.0497. The summed E-state index contributed by atoms with van der Waals surface area (Å²) in [5, 5.41) is 9.50. The van der Waals surface area contributed by atoms with Gasteiger partial charge in [-0.2, -0.15) is 0 Å². The standard InChI is InChI=1S/C26H29N5O3S/c1-17-14-23(19(3)30(17)18(2)15-33-4)24(32)16-35-26-29-28-25(20-10-12-27-13-11-20)31(26)21-6-8-22(34-5)9-7-21/h6-14,18H,15-16H2,1-5H3. The summed E-state index contributed by atoms with van der Waals surface area (Å²) >= 11 is 1.37. The van der Waals surface area contributed by atoms with Crippen molar-refractivity contribution in [1.82, 2.24) is 24.3 Å². The highest BCUT2D eigenvalue weighted by molar-refractivity contribution is 7.99. The van der Waals surface area contributed by atoms with Crippen LogP contribution in [0, 0.1) is 13.8 Å². The number of nitrogens with zero attached hydrogens (tertiary/aromatic N) is 5. The van der Waals surface area contributed by atoms with Crippen LogP contribution in [-0.2, 0) is 4.74 Å². The van der Waals surface area contributed by atoms with E-state index in [9.17, 15) is 4.79 Å². The number of benzene rings is 1. The number of thioether (sulfide) groups is 1. The monoisotopic (exact) mass is 491 g/mol. The molecular formula is C26H29N5O3S. The quantitative estimate of drug-likeness (QED) is 0.229. The van der Waals surface area contributed by atoms with Gasteiger partial charge in [0.05, 0.1) is 25.5 Å². The van der Waals surface area contributed by atoms with Crippen molar-refractivity contribution >= 4 is 17.5 Å². The first-order valence-corrected chi connectivity index (χ1v) is 12.3. The molecule has 3 aromatic heterocycles. The second-order valence-electron chi connectivity index (χ2n) is 8.25. The lowest BCUT2D eigenvalue weighted by Crippen LogP contribution is -2.14. The zero-order chi connectivity index (χ0) is 24.9. The molecular weight excluding hydrogens is 462 g/mol. The van der Waals surface area contributed by atoms with E-state index in [1.807, 2.05) is 60.9 Å². The Morgan fingerprint density at radius 1 is 1.06 bits per heavy atom. The minimum Gasteiger partial charge on any atom is -0.497 e. The highest BCUT2D eigenvalue weighted by atomic mass is 32.2. The van der Waals surface area contributed by atoms with E-state index in [1.165, 1.54) is 11.8 Å². The van der Waals surface area contributed by atoms with Gasteiger partial charge in [0.2, 0.25) is 0 Å². The lowest BCUT2D eigenvalue weighted by molar-refractivity contribution is 0.102. The molecule has 1 unspecified atom stereocenters. The normalized spacial score (nSPS) is 12.0. The third kappa shape index (κ3) is 5.16. The van der Waals surface area contributed by atoms with E-state index in [-0.39, 0.29) is 17.6 Å². The van der Waals surface area contributed by atoms with E-state index in [0.717, 1.165) is 34.0 Å². The molecule has 0 bridgehead atoms. The molecule has 0 amide bonds. The number of aryl methyl sites for hydroxylation is 1. The third-order valence-electron chi connectivity index (χ3n) is 5.87. The van der Waals surface area contributed by atoms with Crippen molar-refractivity contribution in [2.45, 2.75) is 32.0 Å². The fourth-order valence-corrected chi connectivity index (χ4v) is 5.11. The second-order valence-corrected chi connectivity index (χ2v) is 9.19. The van der Waals surface area contributed by atoms with Gasteiger partial charge in [-0.05, 0) is 63.2 Å². The van der Waals surface area contributed by atoms with Crippen LogP contribution >= 0.6 is 11.8 Å². The molecule has 3 heterocycles. The number of ether oxygens (including phenoxy) is 2. The van der Waals surface area contributed by atoms with Crippen molar-refractivity contribution < 1.29 is 14.3 Å². The zero-order valence-electron chi connectivity index (χ0n) is 20.6. The molecule has 0 radical (unpaired) electrons. The smallest absolute Gasteiger partial charge is 0.196 e. The van der Waals surface area contributed by atoms with Gasteiger partial charge in [0.15, 0.2) is 16.8 Å². The molecule has 4 rings (SSSR count). The molecule has 0 N–H and O–H groups in total. The summed E-state index contributed by atoms with van der Waals surface area (Å²) in [4.78, 5) is 17.3. The van der Waals surface area contributed by atoms with Crippen molar-refractivity contribution in [3.05, 3.63) is 71.8 Å². The first-order chi connectivity index (χ1) is 16.9. The maximum Gasteiger partial charge on any atom is 0.196 e. The van der Waals surface area contributed by atoms with Crippen LogP contribution in [0.2, 0.25) is 0 Å². The summed E-state index contributed by atoms with van der Waals surface area (Å²) in [6.07, 6.45) is 3.44. The zero-order valence-corrected chi connectivity index (χ0v) is 21.4. The van der Waals surface area contributed by atoms with E-state index in [2.05, 4.69) is 26.7 Å². The fourth-order valence-electron chi connectivity index (χ4n) is 4.28. The average molecular weight is 492 g/mol. The van der Waals surface area contributed by atoms with Gasteiger partial charge in [-0.3, -0.25) is 14.3 Å². The Morgan fingerprint density at radius 2 is 1.77 bits per heavy atom. The lowest BCUT2D eigenvalue weighted by Gasteiger charge is -2.17. The number of carbonyl (C=O) groups is 1. The van der Waals surface area contributed by atoms with E-state index >= 15 is 0 Å². The van der Waals surface area contributed by atoms with E-state index in [4.69, 9.17) is 9.47 Å². The summed E-state index contributed by atoms with van der Waals surface area (Å²) < 4.78 is 14.7. The fraction of sp³-hybridized carbons (Fsp3) is 0.308. The first-order valence-electron chi connectivity index (χ1n) is 11.3. The van der Waals surface area contributed by atoms with Crippen LogP contribution < -0.4 is 4.74 Å². The van der Waals surface area contributed by atoms with Crippen molar-refractivity contribution in [3.63, 3.8) is 0 Å². The molecule has 0 fully saturated rings. The number of pyridine rings is 1. The van der Waals surface area contributed by atoms with Gasteiger partial charge in [-0.1, -0.05) is 11.8 Å². The van der Waals surface area contributed by atoms with Gasteiger partial charge < -0.3 is 14.0 Å². The number of Topliss-reactive ketones (excluding diaryl/α,β-unsaturated/α-hetero) is 1. The molecule has 4 aromatic rings. The number of rotatable bonds is 10. The molecule has 0 aliphatic carbocycles. The van der Waals surface area contributed by atoms with Gasteiger partial charge in [0, 0.05) is 47.7 Å². The molecule has 8 nitrogen and oxygen atoms in total. The largest absolute Gasteiger partial charge is 0.497 e. The molecule has 1 aromatic carbocycles. The van der Waals surface area contributed by atoms with Gasteiger partial charge >= 0.3 is 0 Å². The molecule has 0 saturated heterocycles. The number of hydrogen-bond acceptors (Lipinski definition) is 7. The van der Waals surface area contributed by atoms with Gasteiger partial charge in [-0.25, -0.2) is 0 Å². The van der Waals surface area contributed by atoms with Crippen LogP contribution in [0.4, 0.5) is 0 Å². The van der Waals surface area contributed by atoms with Crippen LogP contribution in [0.3, 0.4) is 0 Å². The number of ketones is 1. The predicted octanol–water partition coefficient (Wildman–Crippen LogP) is 4.94. The number of carbonyl (C=O) groups excluding carboxylic acids is 1. The van der Waals surface area contributed by atoms with Crippen LogP contribution in [0.15, 0.2) is 60.0 Å². The van der Waals surface area contributed by atoms with Crippen LogP contribution in [0.5, 0.6) is 5.75 Å². The number of methoxy groups -OCH3 is 2. The van der Waals surface area contributed by atoms with Gasteiger partial charge in [-0.15, -0.1) is 10.2 Å². The summed E-state index contributed by atoms with van der Waals surface area (Å²) in [6.45, 7) is 6.68. The van der Waals surface area contributed by atoms with E-state index < -0.39 is 0 Å². The summed E-state index contributed by atoms with van der Waals surface area (Å²) in [6, 6.07) is 13.6. The second kappa shape index (κ2) is 10.9. The van der Waals surface area contributed by atoms with Crippen molar-refractivity contribution in [2.75, 3.05) is 26.6 Å². The topological polar surface area (TPSA) is 84.1 Å². The summed E-state index contributed by atoms with van der Waals surface area (Å²) in [5.74, 6) is 1.73. The molecule has 182 valence electrons. The van der Waals surface area contributed by atoms with Gasteiger partial charge in [0.25, 0.3) is 0 Å². The van der Waals surface area contributed by atoms with Crippen molar-refractivity contribution in [3.8, 4) is 22.8 Å². The third-order valence-corrected chi connectivity index (χ3v) is 6.80. The van der Waals surface area contributed by atoms with E-state index in [1.54, 1.807) is 26.6 Å². The average Bonchev–Trinajstić information content (AvgIpc) is 3.43. The van der Waals surface area contributed by atoms with Crippen LogP contribution in [0.25, 0.3) is 17.1 Å². The van der Waals surface area contributed by atoms with Crippen molar-refractivity contribution in [2.24, 2.45) is 0 Å². The SMILES string of the molecule is COCC(C)n1c(C)cc(C(=O)CSc2nnc(-c3ccncc3)n2-c2ccc(OC)cc2)c1C. The highest BCUT2D eigenvalue weighted by Crippen LogP contribution is 2.30. The molecule has 0 aliphatic rings. The molecule has 35 heavy (non-hydrogen) atoms. The summed E-state index contributed by atoms with van der Waals surface area (Å²) in [7, 11) is 3.32. The Hall–Kier alpha value is -3.43. The Kier molecular flexibility index (Phi) is 7.67. The minimum atomic E-state index is 0.0497. The molecule has 0 spiro atoms. The Morgan fingerprint density at radius 3 is 2.43 bits per heavy atom. The first kappa shape index (κ1) is 24.7. The Bertz CT molecular complexity index is 1300. The van der Waals surface area contributed by atoms with Gasteiger partial charge in [0.1, 0.15) is 5.75 Å².